The topological polar surface area (TPSA) is 87.0 Å². The first-order valence-corrected chi connectivity index (χ1v) is 11.7. The molecule has 9 heteroatoms. The summed E-state index contributed by atoms with van der Waals surface area (Å²) in [7, 11) is 0. The minimum absolute atomic E-state index is 0.144. The monoisotopic (exact) mass is 478 g/mol. The zero-order chi connectivity index (χ0) is 24.4. The van der Waals surface area contributed by atoms with Gasteiger partial charge in [0.15, 0.2) is 0 Å². The summed E-state index contributed by atoms with van der Waals surface area (Å²) in [6, 6.07) is 5.72. The number of nitrogens with zero attached hydrogens (tertiary/aromatic N) is 4. The Hall–Kier alpha value is -2.16. The van der Waals surface area contributed by atoms with Crippen LogP contribution >= 0.6 is 11.6 Å². The van der Waals surface area contributed by atoms with Gasteiger partial charge < -0.3 is 19.5 Å². The van der Waals surface area contributed by atoms with Crippen LogP contribution in [0, 0.1) is 0 Å². The second kappa shape index (κ2) is 9.99. The lowest BCUT2D eigenvalue weighted by Gasteiger charge is -2.40. The standard InChI is InChI=1S/C24H35ClN4O4/c1-23(2,3)29(22(31)33-24(4,5)6)13-12-28(19-9-11-26-21(25)27-19)20(30)17-7-8-18-16(15-17)10-14-32-18/h7-8,11,15,19-20,30H,9-10,12-14H2,1-6H3. The van der Waals surface area contributed by atoms with E-state index in [-0.39, 0.29) is 5.29 Å². The third-order valence-electron chi connectivity index (χ3n) is 5.48. The third kappa shape index (κ3) is 6.68. The Balaban J connectivity index is 1.84. The minimum atomic E-state index is -0.943. The SMILES string of the molecule is CC(C)(C)OC(=O)N(CCN(C1CC=NC(Cl)=N1)C(O)c1ccc2c(c1)CCO2)C(C)(C)C. The molecule has 1 amide bonds. The van der Waals surface area contributed by atoms with E-state index < -0.39 is 29.6 Å². The van der Waals surface area contributed by atoms with Crippen molar-refractivity contribution in [3.05, 3.63) is 29.3 Å². The number of amidine groups is 1. The van der Waals surface area contributed by atoms with Crippen molar-refractivity contribution < 1.29 is 19.4 Å². The van der Waals surface area contributed by atoms with Crippen LogP contribution in [0.3, 0.4) is 0 Å². The van der Waals surface area contributed by atoms with Crippen molar-refractivity contribution in [2.75, 3.05) is 19.7 Å². The number of amides is 1. The average molecular weight is 479 g/mol. The molecule has 3 rings (SSSR count). The lowest BCUT2D eigenvalue weighted by Crippen LogP contribution is -2.52. The van der Waals surface area contributed by atoms with Gasteiger partial charge in [0, 0.05) is 37.7 Å². The minimum Gasteiger partial charge on any atom is -0.493 e. The van der Waals surface area contributed by atoms with Crippen molar-refractivity contribution in [1.82, 2.24) is 9.80 Å². The molecule has 0 radical (unpaired) electrons. The van der Waals surface area contributed by atoms with Gasteiger partial charge in [-0.2, -0.15) is 0 Å². The normalized spacial score (nSPS) is 19.1. The fourth-order valence-electron chi connectivity index (χ4n) is 3.87. The van der Waals surface area contributed by atoms with Crippen LogP contribution in [0.2, 0.25) is 0 Å². The Morgan fingerprint density at radius 2 is 2.00 bits per heavy atom. The second-order valence-electron chi connectivity index (χ2n) is 10.3. The molecule has 0 saturated carbocycles. The van der Waals surface area contributed by atoms with E-state index in [1.54, 1.807) is 11.1 Å². The summed E-state index contributed by atoms with van der Waals surface area (Å²) in [5.74, 6) is 0.854. The highest BCUT2D eigenvalue weighted by atomic mass is 35.5. The summed E-state index contributed by atoms with van der Waals surface area (Å²) in [5, 5.41) is 11.5. The lowest BCUT2D eigenvalue weighted by atomic mass is 10.1. The van der Waals surface area contributed by atoms with Crippen molar-refractivity contribution in [3.63, 3.8) is 0 Å². The van der Waals surface area contributed by atoms with Crippen LogP contribution in [0.15, 0.2) is 28.2 Å². The predicted octanol–water partition coefficient (Wildman–Crippen LogP) is 4.35. The van der Waals surface area contributed by atoms with E-state index in [1.807, 2.05) is 64.6 Å². The molecule has 1 aromatic carbocycles. The van der Waals surface area contributed by atoms with Crippen molar-refractivity contribution in [2.45, 2.75) is 77.9 Å². The summed E-state index contributed by atoms with van der Waals surface area (Å²) in [6.07, 6.45) is 1.27. The van der Waals surface area contributed by atoms with E-state index in [2.05, 4.69) is 9.98 Å². The Labute approximate surface area is 201 Å². The number of carbonyl (C=O) groups excluding carboxylic acids is 1. The molecule has 2 unspecified atom stereocenters. The van der Waals surface area contributed by atoms with E-state index in [0.29, 0.717) is 26.1 Å². The van der Waals surface area contributed by atoms with Gasteiger partial charge in [-0.15, -0.1) is 0 Å². The number of aliphatic hydroxyl groups excluding tert-OH is 1. The van der Waals surface area contributed by atoms with E-state index in [9.17, 15) is 9.90 Å². The third-order valence-corrected chi connectivity index (χ3v) is 5.68. The number of aliphatic hydroxyl groups is 1. The molecule has 2 aliphatic heterocycles. The van der Waals surface area contributed by atoms with Gasteiger partial charge in [0.25, 0.3) is 0 Å². The molecule has 0 bridgehead atoms. The summed E-state index contributed by atoms with van der Waals surface area (Å²) < 4.78 is 11.2. The molecule has 2 heterocycles. The van der Waals surface area contributed by atoms with Gasteiger partial charge in [0.05, 0.1) is 6.61 Å². The highest BCUT2D eigenvalue weighted by Crippen LogP contribution is 2.31. The molecule has 33 heavy (non-hydrogen) atoms. The first-order valence-electron chi connectivity index (χ1n) is 11.3. The van der Waals surface area contributed by atoms with Crippen molar-refractivity contribution in [1.29, 1.82) is 0 Å². The largest absolute Gasteiger partial charge is 0.493 e. The van der Waals surface area contributed by atoms with E-state index in [1.165, 1.54) is 0 Å². The number of hydrogen-bond donors (Lipinski definition) is 1. The van der Waals surface area contributed by atoms with Gasteiger partial charge in [0.1, 0.15) is 23.7 Å². The van der Waals surface area contributed by atoms with Gasteiger partial charge in [-0.05, 0) is 76.4 Å². The van der Waals surface area contributed by atoms with E-state index >= 15 is 0 Å². The maximum Gasteiger partial charge on any atom is 0.410 e. The molecule has 0 aromatic heterocycles. The van der Waals surface area contributed by atoms with Crippen LogP contribution in [-0.4, -0.2) is 69.5 Å². The first-order chi connectivity index (χ1) is 15.3. The van der Waals surface area contributed by atoms with Gasteiger partial charge in [-0.25, -0.2) is 14.8 Å². The molecule has 0 fully saturated rings. The number of hydrogen-bond acceptors (Lipinski definition) is 7. The summed E-state index contributed by atoms with van der Waals surface area (Å²) >= 11 is 6.08. The molecule has 1 N–H and O–H groups in total. The summed E-state index contributed by atoms with van der Waals surface area (Å²) in [4.78, 5) is 24.9. The number of fused-ring (bicyclic) bond motifs is 1. The molecular weight excluding hydrogens is 444 g/mol. The van der Waals surface area contributed by atoms with Crippen LogP contribution in [-0.2, 0) is 11.2 Å². The Morgan fingerprint density at radius 3 is 2.64 bits per heavy atom. The van der Waals surface area contributed by atoms with Crippen LogP contribution in [0.25, 0.3) is 0 Å². The fourth-order valence-corrected chi connectivity index (χ4v) is 4.05. The van der Waals surface area contributed by atoms with Crippen molar-refractivity contribution >= 4 is 29.2 Å². The number of ether oxygens (including phenoxy) is 2. The van der Waals surface area contributed by atoms with Gasteiger partial charge in [-0.3, -0.25) is 4.90 Å². The molecule has 0 saturated heterocycles. The highest BCUT2D eigenvalue weighted by molar-refractivity contribution is 6.65. The fraction of sp³-hybridized carbons (Fsp3) is 0.625. The Morgan fingerprint density at radius 1 is 1.27 bits per heavy atom. The molecule has 0 aliphatic carbocycles. The van der Waals surface area contributed by atoms with Gasteiger partial charge >= 0.3 is 6.09 Å². The van der Waals surface area contributed by atoms with E-state index in [0.717, 1.165) is 23.3 Å². The Bertz CT molecular complexity index is 920. The Kier molecular flexibility index (Phi) is 7.71. The second-order valence-corrected chi connectivity index (χ2v) is 10.6. The van der Waals surface area contributed by atoms with Crippen molar-refractivity contribution in [3.8, 4) is 5.75 Å². The number of carbonyl (C=O) groups is 1. The van der Waals surface area contributed by atoms with Crippen LogP contribution < -0.4 is 4.74 Å². The number of benzene rings is 1. The molecular formula is C24H35ClN4O4. The molecule has 8 nitrogen and oxygen atoms in total. The lowest BCUT2D eigenvalue weighted by molar-refractivity contribution is -0.0387. The number of halogens is 1. The quantitative estimate of drug-likeness (QED) is 0.485. The smallest absolute Gasteiger partial charge is 0.410 e. The predicted molar refractivity (Wildman–Crippen MR) is 130 cm³/mol. The molecule has 2 atom stereocenters. The molecule has 182 valence electrons. The van der Waals surface area contributed by atoms with E-state index in [4.69, 9.17) is 21.1 Å². The molecule has 0 spiro atoms. The zero-order valence-corrected chi connectivity index (χ0v) is 21.1. The molecule has 2 aliphatic rings. The highest BCUT2D eigenvalue weighted by Gasteiger charge is 2.34. The molecule has 1 aromatic rings. The van der Waals surface area contributed by atoms with Crippen LogP contribution in [0.5, 0.6) is 5.75 Å². The van der Waals surface area contributed by atoms with Crippen LogP contribution in [0.4, 0.5) is 4.79 Å². The average Bonchev–Trinajstić information content (AvgIpc) is 3.16. The van der Waals surface area contributed by atoms with Gasteiger partial charge in [-0.1, -0.05) is 6.07 Å². The zero-order valence-electron chi connectivity index (χ0n) is 20.3. The van der Waals surface area contributed by atoms with Gasteiger partial charge in [0.2, 0.25) is 5.29 Å². The maximum absolute atomic E-state index is 13.0. The summed E-state index contributed by atoms with van der Waals surface area (Å²) in [6.45, 7) is 12.8. The number of rotatable bonds is 6. The van der Waals surface area contributed by atoms with Crippen LogP contribution in [0.1, 0.15) is 65.3 Å². The summed E-state index contributed by atoms with van der Waals surface area (Å²) in [5.41, 5.74) is 0.735. The number of aliphatic imine (C=N–C) groups is 2. The first kappa shape index (κ1) is 25.5. The maximum atomic E-state index is 13.0. The van der Waals surface area contributed by atoms with Crippen molar-refractivity contribution in [2.24, 2.45) is 9.98 Å².